The van der Waals surface area contributed by atoms with E-state index < -0.39 is 10.0 Å². The van der Waals surface area contributed by atoms with E-state index in [2.05, 4.69) is 37.5 Å². The van der Waals surface area contributed by atoms with Gasteiger partial charge in [-0.2, -0.15) is 4.52 Å². The van der Waals surface area contributed by atoms with E-state index >= 15 is 0 Å². The van der Waals surface area contributed by atoms with Crippen LogP contribution in [-0.2, 0) is 22.9 Å². The first kappa shape index (κ1) is 21.0. The summed E-state index contributed by atoms with van der Waals surface area (Å²) < 4.78 is 29.1. The number of aryl methyl sites for hydroxylation is 1. The fourth-order valence-electron chi connectivity index (χ4n) is 3.16. The second-order valence-corrected chi connectivity index (χ2v) is 8.99. The fraction of sp³-hybridized carbons (Fsp3) is 0.227. The maximum absolute atomic E-state index is 12.4. The molecule has 0 radical (unpaired) electrons. The minimum absolute atomic E-state index is 0.199. The second kappa shape index (κ2) is 9.23. The van der Waals surface area contributed by atoms with Crippen LogP contribution in [0.25, 0.3) is 5.65 Å². The molecule has 2 aromatic carbocycles. The van der Waals surface area contributed by atoms with Crippen molar-refractivity contribution in [3.05, 3.63) is 83.7 Å². The van der Waals surface area contributed by atoms with Gasteiger partial charge < -0.3 is 5.32 Å². The first-order valence-electron chi connectivity index (χ1n) is 10.1. The number of sulfonamides is 1. The van der Waals surface area contributed by atoms with Crippen molar-refractivity contribution in [2.24, 2.45) is 0 Å². The number of hydrogen-bond acceptors (Lipinski definition) is 6. The number of benzene rings is 2. The lowest BCUT2D eigenvalue weighted by molar-refractivity contribution is 0.580. The topological polar surface area (TPSA) is 101 Å². The summed E-state index contributed by atoms with van der Waals surface area (Å²) in [4.78, 5) is 0.243. The third kappa shape index (κ3) is 5.25. The molecule has 0 saturated heterocycles. The first-order chi connectivity index (χ1) is 15.0. The normalized spacial score (nSPS) is 11.6. The van der Waals surface area contributed by atoms with Gasteiger partial charge in [-0.25, -0.2) is 13.1 Å². The predicted octanol–water partition coefficient (Wildman–Crippen LogP) is 2.61. The number of aromatic nitrogens is 4. The molecule has 0 fully saturated rings. The quantitative estimate of drug-likeness (QED) is 0.418. The van der Waals surface area contributed by atoms with Gasteiger partial charge in [-0.15, -0.1) is 15.3 Å². The summed E-state index contributed by atoms with van der Waals surface area (Å²) in [6.45, 7) is 2.86. The van der Waals surface area contributed by atoms with E-state index in [-0.39, 0.29) is 11.4 Å². The van der Waals surface area contributed by atoms with Gasteiger partial charge in [-0.3, -0.25) is 0 Å². The van der Waals surface area contributed by atoms with Crippen LogP contribution in [0.1, 0.15) is 17.0 Å². The number of hydrogen-bond donors (Lipinski definition) is 2. The molecular weight excluding hydrogens is 412 g/mol. The summed E-state index contributed by atoms with van der Waals surface area (Å²) in [7, 11) is -3.57. The Labute approximate surface area is 181 Å². The molecule has 0 saturated carbocycles. The molecule has 0 unspecified atom stereocenters. The lowest BCUT2D eigenvalue weighted by Crippen LogP contribution is -2.26. The number of nitrogens with one attached hydrogen (secondary N) is 2. The van der Waals surface area contributed by atoms with Crippen molar-refractivity contribution in [1.82, 2.24) is 24.5 Å². The molecular formula is C22H24N6O2S. The van der Waals surface area contributed by atoms with Crippen LogP contribution in [0.2, 0.25) is 0 Å². The van der Waals surface area contributed by atoms with Crippen LogP contribution in [0, 0.1) is 6.92 Å². The zero-order valence-electron chi connectivity index (χ0n) is 17.2. The van der Waals surface area contributed by atoms with Crippen LogP contribution in [0.15, 0.2) is 71.6 Å². The molecule has 2 N–H and O–H groups in total. The third-order valence-electron chi connectivity index (χ3n) is 4.86. The second-order valence-electron chi connectivity index (χ2n) is 7.23. The average Bonchev–Trinajstić information content (AvgIpc) is 3.17. The van der Waals surface area contributed by atoms with Gasteiger partial charge >= 0.3 is 0 Å². The highest BCUT2D eigenvalue weighted by atomic mass is 32.2. The molecule has 160 valence electrons. The Hall–Kier alpha value is -3.30. The van der Waals surface area contributed by atoms with Crippen LogP contribution in [0.3, 0.4) is 0 Å². The lowest BCUT2D eigenvalue weighted by Gasteiger charge is -2.08. The zero-order chi connectivity index (χ0) is 21.7. The van der Waals surface area contributed by atoms with E-state index in [4.69, 9.17) is 0 Å². The molecule has 2 aromatic heterocycles. The van der Waals surface area contributed by atoms with Gasteiger partial charge in [0.1, 0.15) is 5.82 Å². The van der Waals surface area contributed by atoms with Crippen molar-refractivity contribution >= 4 is 21.5 Å². The number of nitrogens with zero attached hydrogens (tertiary/aromatic N) is 4. The molecule has 0 spiro atoms. The van der Waals surface area contributed by atoms with Crippen LogP contribution in [0.4, 0.5) is 5.82 Å². The van der Waals surface area contributed by atoms with Crippen LogP contribution < -0.4 is 10.0 Å². The van der Waals surface area contributed by atoms with Crippen molar-refractivity contribution in [2.75, 3.05) is 18.4 Å². The maximum Gasteiger partial charge on any atom is 0.240 e. The number of anilines is 1. The van der Waals surface area contributed by atoms with Crippen LogP contribution in [0.5, 0.6) is 0 Å². The van der Waals surface area contributed by atoms with E-state index in [9.17, 15) is 8.42 Å². The van der Waals surface area contributed by atoms with Crippen molar-refractivity contribution in [1.29, 1.82) is 0 Å². The largest absolute Gasteiger partial charge is 0.368 e. The molecule has 0 aliphatic carbocycles. The highest BCUT2D eigenvalue weighted by molar-refractivity contribution is 7.89. The monoisotopic (exact) mass is 436 g/mol. The Morgan fingerprint density at radius 2 is 1.65 bits per heavy atom. The molecule has 4 rings (SSSR count). The number of rotatable bonds is 9. The lowest BCUT2D eigenvalue weighted by atomic mass is 10.1. The van der Waals surface area contributed by atoms with E-state index in [1.54, 1.807) is 28.8 Å². The summed E-state index contributed by atoms with van der Waals surface area (Å²) in [6.07, 6.45) is 1.25. The van der Waals surface area contributed by atoms with Gasteiger partial charge in [0.15, 0.2) is 11.5 Å². The van der Waals surface area contributed by atoms with Crippen molar-refractivity contribution < 1.29 is 8.42 Å². The molecule has 31 heavy (non-hydrogen) atoms. The maximum atomic E-state index is 12.4. The smallest absolute Gasteiger partial charge is 0.240 e. The van der Waals surface area contributed by atoms with Gasteiger partial charge in [0.25, 0.3) is 0 Å². The van der Waals surface area contributed by atoms with E-state index in [0.717, 1.165) is 18.5 Å². The fourth-order valence-corrected chi connectivity index (χ4v) is 4.19. The highest BCUT2D eigenvalue weighted by Gasteiger charge is 2.14. The molecule has 0 aliphatic rings. The van der Waals surface area contributed by atoms with Crippen molar-refractivity contribution in [2.45, 2.75) is 24.7 Å². The molecule has 8 nitrogen and oxygen atoms in total. The summed E-state index contributed by atoms with van der Waals surface area (Å²) in [5.74, 6) is 1.30. The van der Waals surface area contributed by atoms with E-state index in [1.165, 1.54) is 5.56 Å². The number of fused-ring (bicyclic) bond motifs is 1. The van der Waals surface area contributed by atoms with Gasteiger partial charge in [-0.05, 0) is 43.2 Å². The Morgan fingerprint density at radius 1 is 0.871 bits per heavy atom. The van der Waals surface area contributed by atoms with Crippen LogP contribution in [-0.4, -0.2) is 41.3 Å². The Morgan fingerprint density at radius 3 is 2.42 bits per heavy atom. The van der Waals surface area contributed by atoms with E-state index in [0.29, 0.717) is 23.7 Å². The summed E-state index contributed by atoms with van der Waals surface area (Å²) >= 11 is 0. The highest BCUT2D eigenvalue weighted by Crippen LogP contribution is 2.11. The SMILES string of the molecule is Cc1ccc(S(=O)(=O)NCCc2nnc3ccc(NCCc4ccccc4)nn23)cc1. The molecule has 0 atom stereocenters. The molecule has 2 heterocycles. The molecule has 9 heteroatoms. The Bertz CT molecular complexity index is 1250. The van der Waals surface area contributed by atoms with Crippen molar-refractivity contribution in [3.8, 4) is 0 Å². The van der Waals surface area contributed by atoms with Gasteiger partial charge in [0.2, 0.25) is 10.0 Å². The Balaban J connectivity index is 1.37. The minimum Gasteiger partial charge on any atom is -0.368 e. The molecule has 0 aliphatic heterocycles. The average molecular weight is 437 g/mol. The molecule has 0 bridgehead atoms. The van der Waals surface area contributed by atoms with Gasteiger partial charge in [0.05, 0.1) is 4.90 Å². The standard InChI is InChI=1S/C22H24N6O2S/c1-17-7-9-19(10-8-17)31(29,30)24-16-14-22-26-25-21-12-11-20(27-28(21)22)23-15-13-18-5-3-2-4-6-18/h2-12,24H,13-16H2,1H3,(H,23,27). The third-order valence-corrected chi connectivity index (χ3v) is 6.34. The first-order valence-corrected chi connectivity index (χ1v) is 11.5. The summed E-state index contributed by atoms with van der Waals surface area (Å²) in [5, 5.41) is 16.1. The minimum atomic E-state index is -3.57. The van der Waals surface area contributed by atoms with Gasteiger partial charge in [-0.1, -0.05) is 48.0 Å². The van der Waals surface area contributed by atoms with Gasteiger partial charge in [0, 0.05) is 19.5 Å². The predicted molar refractivity (Wildman–Crippen MR) is 119 cm³/mol. The summed E-state index contributed by atoms with van der Waals surface area (Å²) in [5.41, 5.74) is 2.88. The zero-order valence-corrected chi connectivity index (χ0v) is 18.0. The van der Waals surface area contributed by atoms with Crippen LogP contribution >= 0.6 is 0 Å². The summed E-state index contributed by atoms with van der Waals surface area (Å²) in [6, 6.07) is 20.7. The van der Waals surface area contributed by atoms with E-state index in [1.807, 2.05) is 37.3 Å². The molecule has 4 aromatic rings. The Kier molecular flexibility index (Phi) is 6.24. The van der Waals surface area contributed by atoms with Crippen molar-refractivity contribution in [3.63, 3.8) is 0 Å². The molecule has 0 amide bonds.